The van der Waals surface area contributed by atoms with Gasteiger partial charge in [-0.05, 0) is 24.3 Å². The Morgan fingerprint density at radius 3 is 2.74 bits per heavy atom. The Morgan fingerprint density at radius 2 is 1.84 bits per heavy atom. The van der Waals surface area contributed by atoms with Crippen LogP contribution in [0.5, 0.6) is 5.75 Å². The third kappa shape index (κ3) is 1.35. The molecule has 0 aliphatic rings. The van der Waals surface area contributed by atoms with Crippen LogP contribution in [-0.2, 0) is 0 Å². The number of nitrogens with one attached hydrogen (secondary N) is 1. The molecule has 0 amide bonds. The van der Waals surface area contributed by atoms with Crippen molar-refractivity contribution in [1.29, 1.82) is 0 Å². The second-order valence-electron chi connectivity index (χ2n) is 4.57. The zero-order chi connectivity index (χ0) is 12.8. The highest BCUT2D eigenvalue weighted by Gasteiger charge is 2.12. The first-order valence-corrected chi connectivity index (χ1v) is 6.20. The average Bonchev–Trinajstić information content (AvgIpc) is 2.85. The molecule has 0 bridgehead atoms. The van der Waals surface area contributed by atoms with Gasteiger partial charge in [0.25, 0.3) is 0 Å². The van der Waals surface area contributed by atoms with Crippen molar-refractivity contribution in [3.63, 3.8) is 0 Å². The summed E-state index contributed by atoms with van der Waals surface area (Å²) in [6.45, 7) is 0. The fourth-order valence-corrected chi connectivity index (χ4v) is 2.68. The molecule has 0 saturated carbocycles. The summed E-state index contributed by atoms with van der Waals surface area (Å²) in [6, 6.07) is 14.3. The summed E-state index contributed by atoms with van der Waals surface area (Å²) in [6.07, 6.45) is 1.81. The van der Waals surface area contributed by atoms with Crippen LogP contribution in [0.2, 0.25) is 0 Å². The Hall–Kier alpha value is -2.55. The summed E-state index contributed by atoms with van der Waals surface area (Å²) in [7, 11) is 1.70. The van der Waals surface area contributed by atoms with E-state index in [0.29, 0.717) is 0 Å². The summed E-state index contributed by atoms with van der Waals surface area (Å²) >= 11 is 0. The lowest BCUT2D eigenvalue weighted by Gasteiger charge is -2.05. The summed E-state index contributed by atoms with van der Waals surface area (Å²) < 4.78 is 5.50. The maximum Gasteiger partial charge on any atom is 0.129 e. The standard InChI is InChI=1S/C16H12N2O/c1-19-14-9-12-10-5-2-3-7-13(10)18-16(12)15-11(14)6-4-8-17-15/h2-9,18H,1H3. The molecule has 1 N–H and O–H groups in total. The Kier molecular flexibility index (Phi) is 2.03. The highest BCUT2D eigenvalue weighted by atomic mass is 16.5. The van der Waals surface area contributed by atoms with Gasteiger partial charge >= 0.3 is 0 Å². The second kappa shape index (κ2) is 3.72. The van der Waals surface area contributed by atoms with Crippen LogP contribution in [0.15, 0.2) is 48.7 Å². The van der Waals surface area contributed by atoms with E-state index < -0.39 is 0 Å². The third-order valence-corrected chi connectivity index (χ3v) is 3.55. The van der Waals surface area contributed by atoms with Crippen molar-refractivity contribution in [2.75, 3.05) is 7.11 Å². The third-order valence-electron chi connectivity index (χ3n) is 3.55. The van der Waals surface area contributed by atoms with Crippen LogP contribution >= 0.6 is 0 Å². The molecule has 0 unspecified atom stereocenters. The molecule has 2 aromatic heterocycles. The first kappa shape index (κ1) is 10.4. The van der Waals surface area contributed by atoms with Gasteiger partial charge in [-0.1, -0.05) is 18.2 Å². The Morgan fingerprint density at radius 1 is 1.00 bits per heavy atom. The normalized spacial score (nSPS) is 11.4. The number of aromatic amines is 1. The van der Waals surface area contributed by atoms with E-state index in [1.54, 1.807) is 7.11 Å². The van der Waals surface area contributed by atoms with Crippen molar-refractivity contribution >= 4 is 32.7 Å². The Labute approximate surface area is 109 Å². The molecule has 0 spiro atoms. The fourth-order valence-electron chi connectivity index (χ4n) is 2.68. The number of hydrogen-bond donors (Lipinski definition) is 1. The fraction of sp³-hybridized carbons (Fsp3) is 0.0625. The van der Waals surface area contributed by atoms with Gasteiger partial charge in [0.2, 0.25) is 0 Å². The molecule has 4 aromatic rings. The van der Waals surface area contributed by atoms with Crippen LogP contribution < -0.4 is 4.74 Å². The van der Waals surface area contributed by atoms with E-state index >= 15 is 0 Å². The smallest absolute Gasteiger partial charge is 0.129 e. The van der Waals surface area contributed by atoms with Crippen molar-refractivity contribution in [2.45, 2.75) is 0 Å². The SMILES string of the molecule is COc1cc2c3ccccc3[nH]c2c2ncccc12. The molecule has 0 atom stereocenters. The number of aromatic nitrogens is 2. The van der Waals surface area contributed by atoms with Gasteiger partial charge in [0.05, 0.1) is 18.1 Å². The van der Waals surface area contributed by atoms with Gasteiger partial charge in [-0.25, -0.2) is 0 Å². The summed E-state index contributed by atoms with van der Waals surface area (Å²) in [4.78, 5) is 7.96. The van der Waals surface area contributed by atoms with Crippen LogP contribution in [0, 0.1) is 0 Å². The number of ether oxygens (including phenoxy) is 1. The number of H-pyrrole nitrogens is 1. The van der Waals surface area contributed by atoms with E-state index in [-0.39, 0.29) is 0 Å². The van der Waals surface area contributed by atoms with Crippen molar-refractivity contribution in [3.8, 4) is 5.75 Å². The van der Waals surface area contributed by atoms with Gasteiger partial charge in [0.15, 0.2) is 0 Å². The van der Waals surface area contributed by atoms with Gasteiger partial charge in [-0.15, -0.1) is 0 Å². The first-order valence-electron chi connectivity index (χ1n) is 6.20. The highest BCUT2D eigenvalue weighted by Crippen LogP contribution is 2.35. The zero-order valence-electron chi connectivity index (χ0n) is 10.5. The van der Waals surface area contributed by atoms with Gasteiger partial charge in [-0.2, -0.15) is 0 Å². The predicted octanol–water partition coefficient (Wildman–Crippen LogP) is 3.88. The van der Waals surface area contributed by atoms with E-state index in [2.05, 4.69) is 28.2 Å². The highest BCUT2D eigenvalue weighted by molar-refractivity contribution is 6.17. The number of pyridine rings is 1. The van der Waals surface area contributed by atoms with Gasteiger partial charge in [-0.3, -0.25) is 4.98 Å². The van der Waals surface area contributed by atoms with Crippen molar-refractivity contribution in [1.82, 2.24) is 9.97 Å². The molecule has 19 heavy (non-hydrogen) atoms. The number of para-hydroxylation sites is 1. The summed E-state index contributed by atoms with van der Waals surface area (Å²) in [5, 5.41) is 3.38. The molecule has 0 saturated heterocycles. The second-order valence-corrected chi connectivity index (χ2v) is 4.57. The first-order chi connectivity index (χ1) is 9.38. The Bertz CT molecular complexity index is 908. The topological polar surface area (TPSA) is 37.9 Å². The van der Waals surface area contributed by atoms with E-state index in [0.717, 1.165) is 33.1 Å². The molecule has 3 heteroatoms. The lowest BCUT2D eigenvalue weighted by atomic mass is 10.1. The maximum absolute atomic E-state index is 5.50. The largest absolute Gasteiger partial charge is 0.496 e. The minimum absolute atomic E-state index is 0.861. The van der Waals surface area contributed by atoms with Crippen LogP contribution in [0.1, 0.15) is 0 Å². The molecule has 0 fully saturated rings. The van der Waals surface area contributed by atoms with Crippen molar-refractivity contribution < 1.29 is 4.74 Å². The van der Waals surface area contributed by atoms with E-state index in [9.17, 15) is 0 Å². The van der Waals surface area contributed by atoms with Crippen LogP contribution in [0.4, 0.5) is 0 Å². The van der Waals surface area contributed by atoms with Crippen LogP contribution in [0.3, 0.4) is 0 Å². The minimum Gasteiger partial charge on any atom is -0.496 e. The molecule has 2 heterocycles. The number of benzene rings is 2. The van der Waals surface area contributed by atoms with E-state index in [1.165, 1.54) is 5.39 Å². The summed E-state index contributed by atoms with van der Waals surface area (Å²) in [5.41, 5.74) is 3.14. The maximum atomic E-state index is 5.50. The van der Waals surface area contributed by atoms with E-state index in [1.807, 2.05) is 30.5 Å². The van der Waals surface area contributed by atoms with Crippen LogP contribution in [-0.4, -0.2) is 17.1 Å². The lowest BCUT2D eigenvalue weighted by Crippen LogP contribution is -1.87. The summed E-state index contributed by atoms with van der Waals surface area (Å²) in [5.74, 6) is 0.861. The monoisotopic (exact) mass is 248 g/mol. The molecule has 0 aliphatic heterocycles. The number of fused-ring (bicyclic) bond motifs is 5. The molecule has 3 nitrogen and oxygen atoms in total. The number of nitrogens with zero attached hydrogens (tertiary/aromatic N) is 1. The predicted molar refractivity (Wildman–Crippen MR) is 77.7 cm³/mol. The molecule has 2 aromatic carbocycles. The van der Waals surface area contributed by atoms with Crippen molar-refractivity contribution in [3.05, 3.63) is 48.7 Å². The van der Waals surface area contributed by atoms with Gasteiger partial charge < -0.3 is 9.72 Å². The van der Waals surface area contributed by atoms with E-state index in [4.69, 9.17) is 4.74 Å². The van der Waals surface area contributed by atoms with Crippen LogP contribution in [0.25, 0.3) is 32.7 Å². The number of hydrogen-bond acceptors (Lipinski definition) is 2. The van der Waals surface area contributed by atoms with Crippen molar-refractivity contribution in [2.24, 2.45) is 0 Å². The Balaban J connectivity index is 2.32. The number of methoxy groups -OCH3 is 1. The molecular formula is C16H12N2O. The molecular weight excluding hydrogens is 236 g/mol. The zero-order valence-corrected chi connectivity index (χ0v) is 10.5. The van der Waals surface area contributed by atoms with Gasteiger partial charge in [0, 0.05) is 27.9 Å². The molecule has 92 valence electrons. The lowest BCUT2D eigenvalue weighted by molar-refractivity contribution is 0.420. The molecule has 0 aliphatic carbocycles. The molecule has 4 rings (SSSR count). The average molecular weight is 248 g/mol. The number of rotatable bonds is 1. The van der Waals surface area contributed by atoms with Gasteiger partial charge in [0.1, 0.15) is 5.75 Å². The molecule has 0 radical (unpaired) electrons. The quantitative estimate of drug-likeness (QED) is 0.555. The minimum atomic E-state index is 0.861.